The molecule has 0 atom stereocenters. The molecule has 0 fully saturated rings. The van der Waals surface area contributed by atoms with Crippen LogP contribution in [-0.4, -0.2) is 28.6 Å². The van der Waals surface area contributed by atoms with Crippen LogP contribution in [0.3, 0.4) is 0 Å². The molecule has 0 saturated carbocycles. The Balaban J connectivity index is 0.00000147. The van der Waals surface area contributed by atoms with Gasteiger partial charge in [-0.2, -0.15) is 0 Å². The van der Waals surface area contributed by atoms with Crippen LogP contribution in [0.1, 0.15) is 15.2 Å². The number of nitrogens with zero attached hydrogens (tertiary/aromatic N) is 2. The number of carbonyl (C=O) groups is 1. The second kappa shape index (κ2) is 6.65. The Morgan fingerprint density at radius 1 is 1.45 bits per heavy atom. The van der Waals surface area contributed by atoms with Gasteiger partial charge < -0.3 is 15.4 Å². The summed E-state index contributed by atoms with van der Waals surface area (Å²) in [5, 5.41) is 9.72. The zero-order valence-corrected chi connectivity index (χ0v) is 12.1. The summed E-state index contributed by atoms with van der Waals surface area (Å²) in [4.78, 5) is 12.4. The van der Waals surface area contributed by atoms with Crippen molar-refractivity contribution < 1.29 is 9.53 Å². The maximum atomic E-state index is 11.9. The van der Waals surface area contributed by atoms with Gasteiger partial charge in [-0.1, -0.05) is 4.49 Å². The van der Waals surface area contributed by atoms with Gasteiger partial charge in [0.05, 0.1) is 6.20 Å². The summed E-state index contributed by atoms with van der Waals surface area (Å²) < 4.78 is 9.26. The highest BCUT2D eigenvalue weighted by molar-refractivity contribution is 7.07. The van der Waals surface area contributed by atoms with E-state index in [0.29, 0.717) is 11.5 Å². The van der Waals surface area contributed by atoms with Crippen LogP contribution in [-0.2, 0) is 6.54 Å². The van der Waals surface area contributed by atoms with Crippen LogP contribution in [0.2, 0.25) is 0 Å². The minimum Gasteiger partial charge on any atom is -0.492 e. The predicted octanol–water partition coefficient (Wildman–Crippen LogP) is 1.69. The molecule has 0 spiro atoms. The third kappa shape index (κ3) is 3.24. The number of hydrogen-bond acceptors (Lipinski definition) is 6. The van der Waals surface area contributed by atoms with Crippen molar-refractivity contribution in [3.05, 3.63) is 34.8 Å². The van der Waals surface area contributed by atoms with Crippen molar-refractivity contribution in [2.24, 2.45) is 0 Å². The molecule has 1 amide bonds. The standard InChI is InChI=1S/C12H12N4O2S.ClH/c17-12(11-7-14-16-19-11)15-9-1-2-10-8(5-9)6-13-3-4-18-10;/h1-2,5,7,13H,3-4,6H2,(H,15,17);1H. The number of halogens is 1. The van der Waals surface area contributed by atoms with E-state index >= 15 is 0 Å². The summed E-state index contributed by atoms with van der Waals surface area (Å²) >= 11 is 1.07. The maximum Gasteiger partial charge on any atom is 0.269 e. The maximum absolute atomic E-state index is 11.9. The van der Waals surface area contributed by atoms with Crippen molar-refractivity contribution in [2.75, 3.05) is 18.5 Å². The van der Waals surface area contributed by atoms with Gasteiger partial charge in [0.2, 0.25) is 0 Å². The summed E-state index contributed by atoms with van der Waals surface area (Å²) in [6.45, 7) is 2.22. The Labute approximate surface area is 126 Å². The smallest absolute Gasteiger partial charge is 0.269 e. The van der Waals surface area contributed by atoms with Crippen LogP contribution in [0.25, 0.3) is 0 Å². The summed E-state index contributed by atoms with van der Waals surface area (Å²) in [5.74, 6) is 0.667. The van der Waals surface area contributed by atoms with E-state index in [4.69, 9.17) is 4.74 Å². The molecule has 1 aliphatic heterocycles. The van der Waals surface area contributed by atoms with Gasteiger partial charge in [0, 0.05) is 24.3 Å². The Morgan fingerprint density at radius 2 is 2.35 bits per heavy atom. The topological polar surface area (TPSA) is 76.1 Å². The third-order valence-corrected chi connectivity index (χ3v) is 3.42. The van der Waals surface area contributed by atoms with E-state index in [1.54, 1.807) is 0 Å². The monoisotopic (exact) mass is 312 g/mol. The minimum atomic E-state index is -0.197. The van der Waals surface area contributed by atoms with Gasteiger partial charge in [0.15, 0.2) is 0 Å². The van der Waals surface area contributed by atoms with Crippen molar-refractivity contribution in [3.8, 4) is 5.75 Å². The van der Waals surface area contributed by atoms with Crippen molar-refractivity contribution in [2.45, 2.75) is 6.54 Å². The quantitative estimate of drug-likeness (QED) is 0.882. The number of fused-ring (bicyclic) bond motifs is 1. The molecule has 3 rings (SSSR count). The van der Waals surface area contributed by atoms with Crippen LogP contribution in [0.15, 0.2) is 24.4 Å². The molecule has 2 N–H and O–H groups in total. The van der Waals surface area contributed by atoms with Crippen molar-refractivity contribution in [3.63, 3.8) is 0 Å². The molecule has 1 aromatic heterocycles. The summed E-state index contributed by atoms with van der Waals surface area (Å²) in [5.41, 5.74) is 1.78. The zero-order chi connectivity index (χ0) is 13.1. The third-order valence-electron chi connectivity index (χ3n) is 2.76. The fraction of sp³-hybridized carbons (Fsp3) is 0.250. The number of hydrogen-bond donors (Lipinski definition) is 2. The van der Waals surface area contributed by atoms with Gasteiger partial charge in [0.1, 0.15) is 17.2 Å². The van der Waals surface area contributed by atoms with Gasteiger partial charge in [-0.15, -0.1) is 17.5 Å². The molecule has 0 saturated heterocycles. The number of amides is 1. The lowest BCUT2D eigenvalue weighted by Gasteiger charge is -2.09. The van der Waals surface area contributed by atoms with E-state index in [2.05, 4.69) is 20.2 Å². The molecule has 0 bridgehead atoms. The van der Waals surface area contributed by atoms with Crippen LogP contribution in [0.5, 0.6) is 5.75 Å². The number of carbonyl (C=O) groups excluding carboxylic acids is 1. The number of anilines is 1. The summed E-state index contributed by atoms with van der Waals surface area (Å²) in [7, 11) is 0. The normalized spacial score (nSPS) is 13.4. The number of rotatable bonds is 2. The lowest BCUT2D eigenvalue weighted by molar-refractivity contribution is 0.103. The summed E-state index contributed by atoms with van der Waals surface area (Å²) in [6, 6.07) is 5.62. The molecule has 0 aliphatic carbocycles. The highest BCUT2D eigenvalue weighted by Crippen LogP contribution is 2.24. The highest BCUT2D eigenvalue weighted by Gasteiger charge is 2.12. The number of benzene rings is 1. The van der Waals surface area contributed by atoms with Crippen LogP contribution in [0, 0.1) is 0 Å². The number of nitrogens with one attached hydrogen (secondary N) is 2. The molecule has 2 heterocycles. The van der Waals surface area contributed by atoms with Crippen molar-refractivity contribution in [1.82, 2.24) is 14.9 Å². The molecule has 1 aliphatic rings. The first kappa shape index (κ1) is 14.7. The first-order valence-corrected chi connectivity index (χ1v) is 6.65. The molecule has 2 aromatic rings. The van der Waals surface area contributed by atoms with E-state index in [1.165, 1.54) is 6.20 Å². The number of aromatic nitrogens is 2. The second-order valence-corrected chi connectivity index (χ2v) is 4.87. The lowest BCUT2D eigenvalue weighted by atomic mass is 10.1. The molecule has 20 heavy (non-hydrogen) atoms. The van der Waals surface area contributed by atoms with Crippen LogP contribution < -0.4 is 15.4 Å². The van der Waals surface area contributed by atoms with Gasteiger partial charge in [-0.05, 0) is 29.7 Å². The SMILES string of the molecule is Cl.O=C(Nc1ccc2c(c1)CNCCO2)c1cnns1. The van der Waals surface area contributed by atoms with E-state index in [0.717, 1.165) is 41.6 Å². The Kier molecular flexibility index (Phi) is 4.89. The average molecular weight is 313 g/mol. The first-order valence-electron chi connectivity index (χ1n) is 5.88. The average Bonchev–Trinajstić information content (AvgIpc) is 2.85. The largest absolute Gasteiger partial charge is 0.492 e. The molecular formula is C12H13ClN4O2S. The lowest BCUT2D eigenvalue weighted by Crippen LogP contribution is -2.16. The van der Waals surface area contributed by atoms with Gasteiger partial charge in [-0.3, -0.25) is 4.79 Å². The van der Waals surface area contributed by atoms with Gasteiger partial charge >= 0.3 is 0 Å². The van der Waals surface area contributed by atoms with Crippen molar-refractivity contribution >= 4 is 35.5 Å². The van der Waals surface area contributed by atoms with E-state index in [1.807, 2.05) is 18.2 Å². The molecule has 6 nitrogen and oxygen atoms in total. The molecular weight excluding hydrogens is 300 g/mol. The zero-order valence-electron chi connectivity index (χ0n) is 10.5. The van der Waals surface area contributed by atoms with Gasteiger partial charge in [-0.25, -0.2) is 0 Å². The van der Waals surface area contributed by atoms with E-state index in [9.17, 15) is 4.79 Å². The molecule has 0 unspecified atom stereocenters. The molecule has 106 valence electrons. The Bertz CT molecular complexity index is 591. The predicted molar refractivity (Wildman–Crippen MR) is 78.8 cm³/mol. The summed E-state index contributed by atoms with van der Waals surface area (Å²) in [6.07, 6.45) is 1.45. The molecule has 1 aromatic carbocycles. The Hall–Kier alpha value is -1.70. The molecule has 0 radical (unpaired) electrons. The first-order chi connectivity index (χ1) is 9.33. The van der Waals surface area contributed by atoms with Gasteiger partial charge in [0.25, 0.3) is 5.91 Å². The van der Waals surface area contributed by atoms with Crippen LogP contribution >= 0.6 is 23.9 Å². The second-order valence-electron chi connectivity index (χ2n) is 4.08. The fourth-order valence-corrected chi connectivity index (χ4v) is 2.26. The van der Waals surface area contributed by atoms with E-state index in [-0.39, 0.29) is 18.3 Å². The van der Waals surface area contributed by atoms with Crippen molar-refractivity contribution in [1.29, 1.82) is 0 Å². The minimum absolute atomic E-state index is 0. The fourth-order valence-electron chi connectivity index (χ4n) is 1.85. The number of ether oxygens (including phenoxy) is 1. The highest BCUT2D eigenvalue weighted by atomic mass is 35.5. The molecule has 8 heteroatoms. The van der Waals surface area contributed by atoms with Crippen LogP contribution in [0.4, 0.5) is 5.69 Å². The van der Waals surface area contributed by atoms with E-state index < -0.39 is 0 Å². The Morgan fingerprint density at radius 3 is 3.15 bits per heavy atom.